The highest BCUT2D eigenvalue weighted by Gasteiger charge is 2.21. The first-order valence-corrected chi connectivity index (χ1v) is 10.8. The number of carbonyl (C=O) groups is 2. The van der Waals surface area contributed by atoms with Crippen LogP contribution in [0.3, 0.4) is 0 Å². The lowest BCUT2D eigenvalue weighted by molar-refractivity contribution is -0.119. The number of rotatable bonds is 7. The molecule has 174 valence electrons. The van der Waals surface area contributed by atoms with E-state index in [2.05, 4.69) is 17.2 Å². The number of hydrogen-bond acceptors (Lipinski definition) is 6. The number of esters is 1. The van der Waals surface area contributed by atoms with Gasteiger partial charge < -0.3 is 29.2 Å². The number of benzene rings is 2. The number of fused-ring (bicyclic) bond motifs is 3. The molecule has 8 nitrogen and oxygen atoms in total. The third-order valence-electron chi connectivity index (χ3n) is 5.95. The molecule has 0 saturated carbocycles. The van der Waals surface area contributed by atoms with Crippen LogP contribution in [0.1, 0.15) is 35.0 Å². The number of amides is 1. The Balaban J connectivity index is 1.43. The molecule has 8 heteroatoms. The quantitative estimate of drug-likeness (QED) is 0.524. The van der Waals surface area contributed by atoms with E-state index in [0.29, 0.717) is 34.4 Å². The number of carbonyl (C=O) groups excluding carboxylic acids is 2. The average molecular weight is 453 g/mol. The molecule has 1 amide bonds. The summed E-state index contributed by atoms with van der Waals surface area (Å²) in [6.07, 6.45) is 3.17. The number of aromatic amines is 1. The third kappa shape index (κ3) is 4.60. The Morgan fingerprint density at radius 1 is 1.06 bits per heavy atom. The molecule has 4 rings (SSSR count). The van der Waals surface area contributed by atoms with E-state index in [4.69, 9.17) is 18.9 Å². The molecular formula is C25H28N2O6. The van der Waals surface area contributed by atoms with Crippen molar-refractivity contribution in [2.24, 2.45) is 5.92 Å². The monoisotopic (exact) mass is 452 g/mol. The highest BCUT2D eigenvalue weighted by molar-refractivity contribution is 5.98. The van der Waals surface area contributed by atoms with Crippen molar-refractivity contribution in [1.82, 2.24) is 4.98 Å². The standard InChI is InChI=1S/C25H28N2O6/c1-14-5-7-19-17(9-14)18-10-15(6-8-20(18)27-19)25(29)33-13-23(28)26-16-11-21(30-2)24(32-4)22(12-16)31-3/h6,8,10-12,14,27H,5,7,9,13H2,1-4H3,(H,26,28). The van der Waals surface area contributed by atoms with E-state index in [1.54, 1.807) is 18.2 Å². The van der Waals surface area contributed by atoms with Gasteiger partial charge in [0.15, 0.2) is 18.1 Å². The maximum atomic E-state index is 12.6. The Kier molecular flexibility index (Phi) is 6.44. The zero-order valence-corrected chi connectivity index (χ0v) is 19.2. The molecule has 0 fully saturated rings. The Hall–Kier alpha value is -3.68. The number of H-pyrrole nitrogens is 1. The summed E-state index contributed by atoms with van der Waals surface area (Å²) >= 11 is 0. The molecule has 1 aliphatic rings. The van der Waals surface area contributed by atoms with Crippen LogP contribution in [0.4, 0.5) is 5.69 Å². The second kappa shape index (κ2) is 9.44. The first-order valence-electron chi connectivity index (χ1n) is 10.8. The van der Waals surface area contributed by atoms with Crippen molar-refractivity contribution >= 4 is 28.5 Å². The fraction of sp³-hybridized carbons (Fsp3) is 0.360. The van der Waals surface area contributed by atoms with Gasteiger partial charge in [0, 0.05) is 34.4 Å². The summed E-state index contributed by atoms with van der Waals surface area (Å²) in [6.45, 7) is 1.82. The summed E-state index contributed by atoms with van der Waals surface area (Å²) in [7, 11) is 4.48. The Morgan fingerprint density at radius 2 is 1.79 bits per heavy atom. The average Bonchev–Trinajstić information content (AvgIpc) is 3.18. The van der Waals surface area contributed by atoms with Crippen molar-refractivity contribution in [2.75, 3.05) is 33.3 Å². The van der Waals surface area contributed by atoms with Crippen LogP contribution in [0.15, 0.2) is 30.3 Å². The maximum Gasteiger partial charge on any atom is 0.338 e. The van der Waals surface area contributed by atoms with E-state index in [-0.39, 0.29) is 0 Å². The maximum absolute atomic E-state index is 12.6. The van der Waals surface area contributed by atoms with Crippen molar-refractivity contribution in [2.45, 2.75) is 26.2 Å². The van der Waals surface area contributed by atoms with Gasteiger partial charge in [0.1, 0.15) is 0 Å². The van der Waals surface area contributed by atoms with Gasteiger partial charge in [0.25, 0.3) is 5.91 Å². The van der Waals surface area contributed by atoms with E-state index in [1.165, 1.54) is 32.6 Å². The summed E-state index contributed by atoms with van der Waals surface area (Å²) < 4.78 is 21.1. The highest BCUT2D eigenvalue weighted by atomic mass is 16.5. The van der Waals surface area contributed by atoms with Gasteiger partial charge in [-0.15, -0.1) is 0 Å². The number of methoxy groups -OCH3 is 3. The fourth-order valence-electron chi connectivity index (χ4n) is 4.28. The van der Waals surface area contributed by atoms with Crippen LogP contribution in [-0.4, -0.2) is 44.8 Å². The molecule has 33 heavy (non-hydrogen) atoms. The van der Waals surface area contributed by atoms with E-state index >= 15 is 0 Å². The predicted molar refractivity (Wildman–Crippen MR) is 124 cm³/mol. The summed E-state index contributed by atoms with van der Waals surface area (Å²) in [5.74, 6) is 0.817. The lowest BCUT2D eigenvalue weighted by Crippen LogP contribution is -2.21. The van der Waals surface area contributed by atoms with E-state index in [1.807, 2.05) is 12.1 Å². The molecule has 1 unspecified atom stereocenters. The van der Waals surface area contributed by atoms with Crippen LogP contribution >= 0.6 is 0 Å². The van der Waals surface area contributed by atoms with Crippen LogP contribution in [-0.2, 0) is 22.4 Å². The molecular weight excluding hydrogens is 424 g/mol. The molecule has 0 saturated heterocycles. The second-order valence-corrected chi connectivity index (χ2v) is 8.23. The number of hydrogen-bond donors (Lipinski definition) is 2. The summed E-state index contributed by atoms with van der Waals surface area (Å²) in [4.78, 5) is 28.5. The smallest absolute Gasteiger partial charge is 0.338 e. The first kappa shape index (κ1) is 22.5. The number of ether oxygens (including phenoxy) is 4. The topological polar surface area (TPSA) is 98.9 Å². The van der Waals surface area contributed by atoms with Crippen molar-refractivity contribution in [3.8, 4) is 17.2 Å². The van der Waals surface area contributed by atoms with Gasteiger partial charge in [-0.05, 0) is 48.9 Å². The summed E-state index contributed by atoms with van der Waals surface area (Å²) in [6, 6.07) is 8.66. The molecule has 1 heterocycles. The van der Waals surface area contributed by atoms with Gasteiger partial charge in [-0.25, -0.2) is 4.79 Å². The number of aryl methyl sites for hydroxylation is 1. The van der Waals surface area contributed by atoms with Gasteiger partial charge in [-0.1, -0.05) is 6.92 Å². The van der Waals surface area contributed by atoms with Crippen LogP contribution < -0.4 is 19.5 Å². The normalized spacial score (nSPS) is 15.0. The molecule has 1 atom stereocenters. The fourth-order valence-corrected chi connectivity index (χ4v) is 4.28. The molecule has 0 bridgehead atoms. The van der Waals surface area contributed by atoms with Gasteiger partial charge in [0.2, 0.25) is 5.75 Å². The van der Waals surface area contributed by atoms with Crippen LogP contribution in [0, 0.1) is 5.92 Å². The van der Waals surface area contributed by atoms with E-state index in [9.17, 15) is 9.59 Å². The van der Waals surface area contributed by atoms with Crippen LogP contribution in [0.5, 0.6) is 17.2 Å². The second-order valence-electron chi connectivity index (χ2n) is 8.23. The summed E-state index contributed by atoms with van der Waals surface area (Å²) in [5.41, 5.74) is 4.39. The Labute approximate surface area is 192 Å². The minimum absolute atomic E-state index is 0.404. The van der Waals surface area contributed by atoms with Crippen molar-refractivity contribution < 1.29 is 28.5 Å². The lowest BCUT2D eigenvalue weighted by atomic mass is 9.87. The van der Waals surface area contributed by atoms with Crippen molar-refractivity contribution in [1.29, 1.82) is 0 Å². The minimum Gasteiger partial charge on any atom is -0.493 e. The lowest BCUT2D eigenvalue weighted by Gasteiger charge is -2.18. The van der Waals surface area contributed by atoms with E-state index in [0.717, 1.165) is 30.2 Å². The molecule has 2 aromatic carbocycles. The molecule has 0 aliphatic heterocycles. The SMILES string of the molecule is COc1cc(NC(=O)COC(=O)c2ccc3[nH]c4c(c3c2)CC(C)CC4)cc(OC)c1OC. The third-order valence-corrected chi connectivity index (χ3v) is 5.95. The predicted octanol–water partition coefficient (Wildman–Crippen LogP) is 4.11. The number of nitrogens with one attached hydrogen (secondary N) is 2. The van der Waals surface area contributed by atoms with Crippen LogP contribution in [0.2, 0.25) is 0 Å². The zero-order valence-electron chi connectivity index (χ0n) is 19.2. The molecule has 1 aromatic heterocycles. The molecule has 3 aromatic rings. The van der Waals surface area contributed by atoms with Crippen LogP contribution in [0.25, 0.3) is 10.9 Å². The Bertz CT molecular complexity index is 1170. The van der Waals surface area contributed by atoms with Gasteiger partial charge >= 0.3 is 5.97 Å². The molecule has 0 spiro atoms. The molecule has 1 aliphatic carbocycles. The minimum atomic E-state index is -0.546. The molecule has 0 radical (unpaired) electrons. The first-order chi connectivity index (χ1) is 15.9. The molecule has 2 N–H and O–H groups in total. The van der Waals surface area contributed by atoms with Gasteiger partial charge in [-0.2, -0.15) is 0 Å². The van der Waals surface area contributed by atoms with E-state index < -0.39 is 18.5 Å². The van der Waals surface area contributed by atoms with Gasteiger partial charge in [0.05, 0.1) is 26.9 Å². The number of aromatic nitrogens is 1. The van der Waals surface area contributed by atoms with Crippen molar-refractivity contribution in [3.63, 3.8) is 0 Å². The largest absolute Gasteiger partial charge is 0.493 e. The zero-order chi connectivity index (χ0) is 23.5. The highest BCUT2D eigenvalue weighted by Crippen LogP contribution is 2.40. The summed E-state index contributed by atoms with van der Waals surface area (Å²) in [5, 5.41) is 3.73. The van der Waals surface area contributed by atoms with Crippen molar-refractivity contribution in [3.05, 3.63) is 47.2 Å². The number of anilines is 1. The van der Waals surface area contributed by atoms with Gasteiger partial charge in [-0.3, -0.25) is 4.79 Å². The Morgan fingerprint density at radius 3 is 2.45 bits per heavy atom.